The Morgan fingerprint density at radius 3 is 2.63 bits per heavy atom. The Kier molecular flexibility index (Phi) is 5.65. The Balaban J connectivity index is 3.08. The van der Waals surface area contributed by atoms with Crippen LogP contribution in [0.1, 0.15) is 25.5 Å². The molecule has 0 radical (unpaired) electrons. The summed E-state index contributed by atoms with van der Waals surface area (Å²) in [5.74, 6) is 2.26. The van der Waals surface area contributed by atoms with E-state index in [1.807, 2.05) is 18.7 Å². The van der Waals surface area contributed by atoms with Crippen LogP contribution in [0.15, 0.2) is 23.2 Å². The van der Waals surface area contributed by atoms with Gasteiger partial charge in [-0.05, 0) is 26.0 Å². The zero-order valence-electron chi connectivity index (χ0n) is 11.0. The van der Waals surface area contributed by atoms with Crippen molar-refractivity contribution in [3.63, 3.8) is 0 Å². The molecule has 0 aliphatic carbocycles. The quantitative estimate of drug-likeness (QED) is 0.524. The molecule has 0 fully saturated rings. The molecule has 0 aliphatic rings. The molecule has 1 aromatic rings. The molecular formula is C14H17ClFN3. The number of hydrogen-bond donors (Lipinski definition) is 1. The number of aliphatic imine (C=N–C) groups is 1. The van der Waals surface area contributed by atoms with Crippen molar-refractivity contribution >= 4 is 17.6 Å². The van der Waals surface area contributed by atoms with Crippen molar-refractivity contribution in [2.75, 3.05) is 13.1 Å². The van der Waals surface area contributed by atoms with Gasteiger partial charge in [-0.3, -0.25) is 0 Å². The summed E-state index contributed by atoms with van der Waals surface area (Å²) in [6.45, 7) is 5.34. The van der Waals surface area contributed by atoms with Crippen molar-refractivity contribution in [2.24, 2.45) is 10.7 Å². The lowest BCUT2D eigenvalue weighted by molar-refractivity contribution is 0.456. The second-order valence-corrected chi connectivity index (χ2v) is 4.33. The second-order valence-electron chi connectivity index (χ2n) is 3.89. The molecule has 0 aliphatic heterocycles. The number of terminal acetylenes is 1. The maximum absolute atomic E-state index is 13.8. The maximum atomic E-state index is 13.8. The fourth-order valence-corrected chi connectivity index (χ4v) is 1.84. The van der Waals surface area contributed by atoms with Gasteiger partial charge in [-0.2, -0.15) is 0 Å². The van der Waals surface area contributed by atoms with Gasteiger partial charge in [0.05, 0.1) is 0 Å². The molecule has 2 N–H and O–H groups in total. The molecule has 1 unspecified atom stereocenters. The zero-order chi connectivity index (χ0) is 14.4. The highest BCUT2D eigenvalue weighted by Gasteiger charge is 2.14. The summed E-state index contributed by atoms with van der Waals surface area (Å²) in [6.07, 6.45) is 5.41. The summed E-state index contributed by atoms with van der Waals surface area (Å²) in [7, 11) is 0. The smallest absolute Gasteiger partial charge is 0.192 e. The minimum absolute atomic E-state index is 0.294. The first-order valence-corrected chi connectivity index (χ1v) is 6.40. The van der Waals surface area contributed by atoms with Gasteiger partial charge in [-0.25, -0.2) is 9.38 Å². The summed E-state index contributed by atoms with van der Waals surface area (Å²) < 4.78 is 13.8. The number of nitrogens with zero attached hydrogens (tertiary/aromatic N) is 2. The fourth-order valence-electron chi connectivity index (χ4n) is 1.68. The van der Waals surface area contributed by atoms with Crippen LogP contribution in [0.25, 0.3) is 0 Å². The fraction of sp³-hybridized carbons (Fsp3) is 0.357. The number of halogens is 2. The molecule has 0 spiro atoms. The molecule has 1 rings (SSSR count). The zero-order valence-corrected chi connectivity index (χ0v) is 11.8. The van der Waals surface area contributed by atoms with Gasteiger partial charge in [-0.15, -0.1) is 6.42 Å². The van der Waals surface area contributed by atoms with Crippen molar-refractivity contribution in [2.45, 2.75) is 19.9 Å². The van der Waals surface area contributed by atoms with Crippen molar-refractivity contribution in [3.8, 4) is 12.3 Å². The number of rotatable bonds is 4. The molecule has 0 aromatic heterocycles. The molecule has 3 nitrogen and oxygen atoms in total. The van der Waals surface area contributed by atoms with Gasteiger partial charge in [0.2, 0.25) is 0 Å². The summed E-state index contributed by atoms with van der Waals surface area (Å²) in [5, 5.41) is 0.317. The lowest BCUT2D eigenvalue weighted by atomic mass is 10.1. The lowest BCUT2D eigenvalue weighted by Crippen LogP contribution is -2.37. The van der Waals surface area contributed by atoms with Crippen LogP contribution in [0.4, 0.5) is 4.39 Å². The van der Waals surface area contributed by atoms with Crippen LogP contribution in [0.2, 0.25) is 5.02 Å². The third-order valence-corrected chi connectivity index (χ3v) is 3.00. The standard InChI is InChI=1S/C14H17ClFN3/c1-4-13(18-14(17)19(5-2)6-3)11-8-7-10(15)9-12(11)16/h1,7-9,13H,5-6H2,2-3H3,(H2,17,18). The van der Waals surface area contributed by atoms with E-state index in [-0.39, 0.29) is 0 Å². The second kappa shape index (κ2) is 7.01. The molecule has 1 atom stereocenters. The van der Waals surface area contributed by atoms with Gasteiger partial charge in [0, 0.05) is 23.7 Å². The highest BCUT2D eigenvalue weighted by Crippen LogP contribution is 2.23. The van der Waals surface area contributed by atoms with Gasteiger partial charge in [-0.1, -0.05) is 23.6 Å². The van der Waals surface area contributed by atoms with Crippen LogP contribution in [0.5, 0.6) is 0 Å². The van der Waals surface area contributed by atoms with Gasteiger partial charge in [0.15, 0.2) is 5.96 Å². The minimum Gasteiger partial charge on any atom is -0.370 e. The van der Waals surface area contributed by atoms with E-state index in [0.29, 0.717) is 29.6 Å². The molecule has 0 heterocycles. The first-order chi connectivity index (χ1) is 9.03. The van der Waals surface area contributed by atoms with E-state index in [0.717, 1.165) is 0 Å². The van der Waals surface area contributed by atoms with Crippen LogP contribution in [-0.2, 0) is 0 Å². The average Bonchev–Trinajstić information content (AvgIpc) is 2.38. The Bertz CT molecular complexity index is 504. The minimum atomic E-state index is -0.752. The molecule has 0 saturated carbocycles. The molecule has 1 aromatic carbocycles. The van der Waals surface area contributed by atoms with E-state index < -0.39 is 11.9 Å². The Labute approximate surface area is 118 Å². The first-order valence-electron chi connectivity index (χ1n) is 6.02. The van der Waals surface area contributed by atoms with Gasteiger partial charge < -0.3 is 10.6 Å². The Morgan fingerprint density at radius 1 is 1.53 bits per heavy atom. The van der Waals surface area contributed by atoms with E-state index in [2.05, 4.69) is 10.9 Å². The van der Waals surface area contributed by atoms with Crippen molar-refractivity contribution in [3.05, 3.63) is 34.6 Å². The van der Waals surface area contributed by atoms with Crippen molar-refractivity contribution in [1.29, 1.82) is 0 Å². The molecule has 0 bridgehead atoms. The maximum Gasteiger partial charge on any atom is 0.192 e. The number of hydrogen-bond acceptors (Lipinski definition) is 1. The molecule has 0 amide bonds. The van der Waals surface area contributed by atoms with Crippen LogP contribution >= 0.6 is 11.6 Å². The van der Waals surface area contributed by atoms with E-state index in [9.17, 15) is 4.39 Å². The van der Waals surface area contributed by atoms with E-state index in [1.165, 1.54) is 12.1 Å². The van der Waals surface area contributed by atoms with Crippen LogP contribution in [0.3, 0.4) is 0 Å². The van der Waals surface area contributed by atoms with Gasteiger partial charge >= 0.3 is 0 Å². The third kappa shape index (κ3) is 3.87. The van der Waals surface area contributed by atoms with Gasteiger partial charge in [0.1, 0.15) is 11.9 Å². The van der Waals surface area contributed by atoms with Gasteiger partial charge in [0.25, 0.3) is 0 Å². The summed E-state index contributed by atoms with van der Waals surface area (Å²) >= 11 is 5.71. The number of benzene rings is 1. The van der Waals surface area contributed by atoms with Crippen LogP contribution < -0.4 is 5.73 Å². The largest absolute Gasteiger partial charge is 0.370 e. The molecule has 19 heavy (non-hydrogen) atoms. The summed E-state index contributed by atoms with van der Waals surface area (Å²) in [4.78, 5) is 6.04. The predicted molar refractivity (Wildman–Crippen MR) is 77.5 cm³/mol. The van der Waals surface area contributed by atoms with E-state index >= 15 is 0 Å². The molecule has 5 heteroatoms. The monoisotopic (exact) mass is 281 g/mol. The average molecular weight is 282 g/mol. The topological polar surface area (TPSA) is 41.6 Å². The Hall–Kier alpha value is -1.73. The molecular weight excluding hydrogens is 265 g/mol. The SMILES string of the molecule is C#CC(N=C(N)N(CC)CC)c1ccc(Cl)cc1F. The van der Waals surface area contributed by atoms with Crippen LogP contribution in [0, 0.1) is 18.2 Å². The molecule has 102 valence electrons. The van der Waals surface area contributed by atoms with Crippen LogP contribution in [-0.4, -0.2) is 23.9 Å². The lowest BCUT2D eigenvalue weighted by Gasteiger charge is -2.20. The highest BCUT2D eigenvalue weighted by atomic mass is 35.5. The normalized spacial score (nSPS) is 12.9. The molecule has 0 saturated heterocycles. The van der Waals surface area contributed by atoms with E-state index in [4.69, 9.17) is 23.8 Å². The number of guanidine groups is 1. The van der Waals surface area contributed by atoms with Crippen molar-refractivity contribution < 1.29 is 4.39 Å². The predicted octanol–water partition coefficient (Wildman–Crippen LogP) is 2.81. The van der Waals surface area contributed by atoms with E-state index in [1.54, 1.807) is 6.07 Å². The van der Waals surface area contributed by atoms with Crippen molar-refractivity contribution in [1.82, 2.24) is 4.90 Å². The number of nitrogens with two attached hydrogens (primary N) is 1. The summed E-state index contributed by atoms with van der Waals surface area (Å²) in [5.41, 5.74) is 6.16. The first kappa shape index (κ1) is 15.3. The summed E-state index contributed by atoms with van der Waals surface area (Å²) in [6, 6.07) is 3.57. The Morgan fingerprint density at radius 2 is 2.16 bits per heavy atom. The third-order valence-electron chi connectivity index (χ3n) is 2.76. The highest BCUT2D eigenvalue weighted by molar-refractivity contribution is 6.30.